The van der Waals surface area contributed by atoms with Gasteiger partial charge in [0.05, 0.1) is 0 Å². The Morgan fingerprint density at radius 2 is 1.62 bits per heavy atom. The Balaban J connectivity index is 2.64. The maximum Gasteiger partial charge on any atom is 0.0397 e. The molecule has 0 saturated heterocycles. The van der Waals surface area contributed by atoms with Crippen molar-refractivity contribution < 1.29 is 0 Å². The Morgan fingerprint density at radius 1 is 1.08 bits per heavy atom. The molecule has 4 heteroatoms. The van der Waals surface area contributed by atoms with E-state index in [9.17, 15) is 0 Å². The highest BCUT2D eigenvalue weighted by molar-refractivity contribution is 5.44. The van der Waals surface area contributed by atoms with Gasteiger partial charge in [-0.2, -0.15) is 0 Å². The van der Waals surface area contributed by atoms with Crippen LogP contribution in [-0.4, -0.2) is 31.2 Å². The topological polar surface area (TPSA) is 68.2 Å². The Labute approximate surface area is 78.6 Å². The molecule has 0 aliphatic heterocycles. The summed E-state index contributed by atoms with van der Waals surface area (Å²) in [6, 6.07) is 3.93. The molecule has 1 aromatic rings. The largest absolute Gasteiger partial charge is 0.369 e. The van der Waals surface area contributed by atoms with E-state index in [1.165, 1.54) is 0 Å². The Hall–Kier alpha value is -1.13. The van der Waals surface area contributed by atoms with E-state index >= 15 is 0 Å². The molecule has 4 nitrogen and oxygen atoms in total. The van der Waals surface area contributed by atoms with Crippen LogP contribution in [0.25, 0.3) is 0 Å². The first-order valence-electron chi connectivity index (χ1n) is 4.43. The first-order valence-corrected chi connectivity index (χ1v) is 4.43. The third-order valence-corrected chi connectivity index (χ3v) is 1.83. The third-order valence-electron chi connectivity index (χ3n) is 1.83. The average Bonchev–Trinajstić information content (AvgIpc) is 2.19. The van der Waals surface area contributed by atoms with Crippen molar-refractivity contribution in [3.05, 3.63) is 24.5 Å². The number of hydrogen-bond acceptors (Lipinski definition) is 4. The monoisotopic (exact) mass is 180 g/mol. The van der Waals surface area contributed by atoms with Crippen molar-refractivity contribution in [1.82, 2.24) is 4.98 Å². The molecule has 1 heterocycles. The summed E-state index contributed by atoms with van der Waals surface area (Å²) in [5.74, 6) is 0. The lowest BCUT2D eigenvalue weighted by Crippen LogP contribution is -2.33. The molecule has 4 N–H and O–H groups in total. The summed E-state index contributed by atoms with van der Waals surface area (Å²) in [6.07, 6.45) is 3.55. The highest BCUT2D eigenvalue weighted by Crippen LogP contribution is 2.10. The van der Waals surface area contributed by atoms with Crippen molar-refractivity contribution >= 4 is 5.69 Å². The molecule has 0 aliphatic carbocycles. The van der Waals surface area contributed by atoms with Gasteiger partial charge in [-0.25, -0.2) is 0 Å². The molecule has 13 heavy (non-hydrogen) atoms. The first kappa shape index (κ1) is 9.95. The normalized spacial score (nSPS) is 10.0. The minimum absolute atomic E-state index is 0.641. The Bertz CT molecular complexity index is 218. The molecular formula is C9H16N4. The number of anilines is 1. The fraction of sp³-hybridized carbons (Fsp3) is 0.444. The van der Waals surface area contributed by atoms with E-state index in [-0.39, 0.29) is 0 Å². The van der Waals surface area contributed by atoms with Crippen molar-refractivity contribution in [2.24, 2.45) is 11.5 Å². The molecule has 1 aromatic heterocycles. The number of aromatic nitrogens is 1. The standard InChI is InChI=1S/C9H16N4/c10-3-7-13(8-4-11)9-1-5-12-6-2-9/h1-2,5-6H,3-4,7-8,10-11H2. The number of hydrogen-bond donors (Lipinski definition) is 2. The molecule has 0 spiro atoms. The van der Waals surface area contributed by atoms with Gasteiger partial charge >= 0.3 is 0 Å². The molecule has 0 bridgehead atoms. The SMILES string of the molecule is NCCN(CCN)c1ccncc1. The Morgan fingerprint density at radius 3 is 2.08 bits per heavy atom. The molecule has 72 valence electrons. The zero-order valence-corrected chi connectivity index (χ0v) is 7.69. The Kier molecular flexibility index (Phi) is 4.21. The van der Waals surface area contributed by atoms with Crippen molar-refractivity contribution in [2.75, 3.05) is 31.1 Å². The molecule has 0 amide bonds. The van der Waals surface area contributed by atoms with E-state index in [1.54, 1.807) is 12.4 Å². The highest BCUT2D eigenvalue weighted by atomic mass is 15.1. The van der Waals surface area contributed by atoms with Crippen LogP contribution >= 0.6 is 0 Å². The van der Waals surface area contributed by atoms with Crippen LogP contribution in [0.15, 0.2) is 24.5 Å². The van der Waals surface area contributed by atoms with Crippen molar-refractivity contribution in [2.45, 2.75) is 0 Å². The highest BCUT2D eigenvalue weighted by Gasteiger charge is 2.02. The van der Waals surface area contributed by atoms with Gasteiger partial charge in [0.25, 0.3) is 0 Å². The van der Waals surface area contributed by atoms with Gasteiger partial charge in [0, 0.05) is 44.3 Å². The lowest BCUT2D eigenvalue weighted by atomic mass is 10.3. The fourth-order valence-corrected chi connectivity index (χ4v) is 1.24. The first-order chi connectivity index (χ1) is 6.38. The number of pyridine rings is 1. The van der Waals surface area contributed by atoms with E-state index in [4.69, 9.17) is 11.5 Å². The predicted octanol–water partition coefficient (Wildman–Crippen LogP) is -0.195. The molecule has 0 aromatic carbocycles. The van der Waals surface area contributed by atoms with Crippen LogP contribution in [0.2, 0.25) is 0 Å². The number of nitrogens with zero attached hydrogens (tertiary/aromatic N) is 2. The maximum absolute atomic E-state index is 5.50. The van der Waals surface area contributed by atoms with Gasteiger partial charge in [0.1, 0.15) is 0 Å². The van der Waals surface area contributed by atoms with Crippen LogP contribution in [-0.2, 0) is 0 Å². The zero-order chi connectivity index (χ0) is 9.52. The van der Waals surface area contributed by atoms with E-state index in [0.717, 1.165) is 18.8 Å². The molecule has 1 rings (SSSR count). The van der Waals surface area contributed by atoms with Gasteiger partial charge in [-0.1, -0.05) is 0 Å². The molecule has 0 saturated carbocycles. The maximum atomic E-state index is 5.50. The molecule has 0 radical (unpaired) electrons. The van der Waals surface area contributed by atoms with E-state index in [1.807, 2.05) is 12.1 Å². The number of rotatable bonds is 5. The van der Waals surface area contributed by atoms with Gasteiger partial charge in [-0.05, 0) is 12.1 Å². The molecular weight excluding hydrogens is 164 g/mol. The van der Waals surface area contributed by atoms with Crippen LogP contribution in [0.3, 0.4) is 0 Å². The van der Waals surface area contributed by atoms with Crippen molar-refractivity contribution in [3.8, 4) is 0 Å². The molecule has 0 fully saturated rings. The van der Waals surface area contributed by atoms with Gasteiger partial charge in [-0.3, -0.25) is 4.98 Å². The van der Waals surface area contributed by atoms with Crippen LogP contribution in [0.4, 0.5) is 5.69 Å². The minimum Gasteiger partial charge on any atom is -0.369 e. The van der Waals surface area contributed by atoms with Gasteiger partial charge in [0.15, 0.2) is 0 Å². The fourth-order valence-electron chi connectivity index (χ4n) is 1.24. The summed E-state index contributed by atoms with van der Waals surface area (Å²) in [7, 11) is 0. The number of nitrogens with two attached hydrogens (primary N) is 2. The zero-order valence-electron chi connectivity index (χ0n) is 7.69. The summed E-state index contributed by atoms with van der Waals surface area (Å²) in [4.78, 5) is 6.11. The third kappa shape index (κ3) is 3.01. The average molecular weight is 180 g/mol. The van der Waals surface area contributed by atoms with Gasteiger partial charge in [-0.15, -0.1) is 0 Å². The van der Waals surface area contributed by atoms with E-state index < -0.39 is 0 Å². The van der Waals surface area contributed by atoms with E-state index in [0.29, 0.717) is 13.1 Å². The quantitative estimate of drug-likeness (QED) is 0.658. The van der Waals surface area contributed by atoms with Crippen LogP contribution in [0.1, 0.15) is 0 Å². The second-order valence-electron chi connectivity index (χ2n) is 2.77. The van der Waals surface area contributed by atoms with Crippen molar-refractivity contribution in [3.63, 3.8) is 0 Å². The summed E-state index contributed by atoms with van der Waals surface area (Å²) < 4.78 is 0. The van der Waals surface area contributed by atoms with Crippen LogP contribution in [0.5, 0.6) is 0 Å². The molecule has 0 aliphatic rings. The predicted molar refractivity (Wildman–Crippen MR) is 54.6 cm³/mol. The summed E-state index contributed by atoms with van der Waals surface area (Å²) >= 11 is 0. The van der Waals surface area contributed by atoms with Crippen molar-refractivity contribution in [1.29, 1.82) is 0 Å². The van der Waals surface area contributed by atoms with Crippen LogP contribution < -0.4 is 16.4 Å². The lowest BCUT2D eigenvalue weighted by Gasteiger charge is -2.22. The summed E-state index contributed by atoms with van der Waals surface area (Å²) in [5.41, 5.74) is 12.1. The molecule has 0 unspecified atom stereocenters. The summed E-state index contributed by atoms with van der Waals surface area (Å²) in [6.45, 7) is 2.95. The van der Waals surface area contributed by atoms with Gasteiger partial charge in [0.2, 0.25) is 0 Å². The van der Waals surface area contributed by atoms with Crippen LogP contribution in [0, 0.1) is 0 Å². The second kappa shape index (κ2) is 5.50. The second-order valence-corrected chi connectivity index (χ2v) is 2.77. The minimum atomic E-state index is 0.641. The van der Waals surface area contributed by atoms with E-state index in [2.05, 4.69) is 9.88 Å². The smallest absolute Gasteiger partial charge is 0.0397 e. The lowest BCUT2D eigenvalue weighted by molar-refractivity contribution is 0.781. The summed E-state index contributed by atoms with van der Waals surface area (Å²) in [5, 5.41) is 0. The van der Waals surface area contributed by atoms with Gasteiger partial charge < -0.3 is 16.4 Å². The molecule has 0 atom stereocenters.